The normalized spacial score (nSPS) is 10.4. The number of para-hydroxylation sites is 1. The molecule has 0 atom stereocenters. The molecule has 3 nitrogen and oxygen atoms in total. The second-order valence-electron chi connectivity index (χ2n) is 5.10. The van der Waals surface area contributed by atoms with Gasteiger partial charge >= 0.3 is 0 Å². The number of benzene rings is 2. The van der Waals surface area contributed by atoms with Crippen LogP contribution in [0.25, 0.3) is 0 Å². The van der Waals surface area contributed by atoms with E-state index in [4.69, 9.17) is 16.3 Å². The van der Waals surface area contributed by atoms with Crippen LogP contribution in [0.15, 0.2) is 46.9 Å². The van der Waals surface area contributed by atoms with E-state index in [0.29, 0.717) is 30.2 Å². The largest absolute Gasteiger partial charge is 0.492 e. The molecule has 0 bridgehead atoms. The van der Waals surface area contributed by atoms with Crippen LogP contribution in [-0.2, 0) is 11.2 Å². The van der Waals surface area contributed by atoms with E-state index in [2.05, 4.69) is 34.2 Å². The summed E-state index contributed by atoms with van der Waals surface area (Å²) in [5.74, 6) is 0.732. The lowest BCUT2D eigenvalue weighted by molar-refractivity contribution is -0.116. The third kappa shape index (κ3) is 5.56. The smallest absolute Gasteiger partial charge is 0.224 e. The van der Waals surface area contributed by atoms with Gasteiger partial charge in [0.25, 0.3) is 0 Å². The van der Waals surface area contributed by atoms with Gasteiger partial charge in [-0.25, -0.2) is 0 Å². The average molecular weight is 397 g/mol. The summed E-state index contributed by atoms with van der Waals surface area (Å²) in [5.41, 5.74) is 1.89. The molecule has 0 aliphatic heterocycles. The molecule has 0 saturated carbocycles. The van der Waals surface area contributed by atoms with Crippen molar-refractivity contribution in [1.29, 1.82) is 0 Å². The Hall–Kier alpha value is -1.52. The quantitative estimate of drug-likeness (QED) is 0.631. The van der Waals surface area contributed by atoms with Gasteiger partial charge in [-0.15, -0.1) is 0 Å². The Kier molecular flexibility index (Phi) is 6.93. The fourth-order valence-electron chi connectivity index (χ4n) is 2.07. The molecule has 1 N–H and O–H groups in total. The molecule has 122 valence electrons. The summed E-state index contributed by atoms with van der Waals surface area (Å²) in [5, 5.41) is 3.34. The summed E-state index contributed by atoms with van der Waals surface area (Å²) in [6, 6.07) is 13.2. The van der Waals surface area contributed by atoms with Crippen molar-refractivity contribution in [1.82, 2.24) is 0 Å². The van der Waals surface area contributed by atoms with Crippen LogP contribution in [0.3, 0.4) is 0 Å². The number of amides is 1. The molecule has 0 saturated heterocycles. The van der Waals surface area contributed by atoms with Crippen LogP contribution < -0.4 is 10.1 Å². The molecule has 0 aliphatic carbocycles. The molecule has 0 radical (unpaired) electrons. The first kappa shape index (κ1) is 17.8. The Morgan fingerprint density at radius 1 is 1.26 bits per heavy atom. The molecule has 1 amide bonds. The highest BCUT2D eigenvalue weighted by Gasteiger charge is 2.06. The minimum Gasteiger partial charge on any atom is -0.492 e. The van der Waals surface area contributed by atoms with E-state index in [0.717, 1.165) is 16.6 Å². The topological polar surface area (TPSA) is 38.3 Å². The zero-order valence-electron chi connectivity index (χ0n) is 12.9. The van der Waals surface area contributed by atoms with Gasteiger partial charge in [-0.05, 0) is 58.6 Å². The summed E-state index contributed by atoms with van der Waals surface area (Å²) < 4.78 is 6.65. The Bertz CT molecular complexity index is 676. The standard InChI is InChI=1S/C18H19BrClNO2/c1-2-13-9-10-17(14(19)12-13)23-11-5-8-18(22)21-16-7-4-3-6-15(16)20/h3-4,6-7,9-10,12H,2,5,8,11H2,1H3,(H,21,22). The number of anilines is 1. The van der Waals surface area contributed by atoms with Crippen molar-refractivity contribution in [3.8, 4) is 5.75 Å². The monoisotopic (exact) mass is 395 g/mol. The van der Waals surface area contributed by atoms with Gasteiger partial charge in [0.15, 0.2) is 0 Å². The predicted octanol–water partition coefficient (Wildman–Crippen LogP) is 5.46. The number of hydrogen-bond acceptors (Lipinski definition) is 2. The lowest BCUT2D eigenvalue weighted by atomic mass is 10.2. The van der Waals surface area contributed by atoms with Gasteiger partial charge in [0, 0.05) is 6.42 Å². The SMILES string of the molecule is CCc1ccc(OCCCC(=O)Nc2ccccc2Cl)c(Br)c1. The molecule has 0 heterocycles. The molecule has 2 rings (SSSR count). The number of ether oxygens (including phenoxy) is 1. The highest BCUT2D eigenvalue weighted by Crippen LogP contribution is 2.26. The molecule has 2 aromatic carbocycles. The van der Waals surface area contributed by atoms with Crippen LogP contribution in [0.2, 0.25) is 5.02 Å². The fourth-order valence-corrected chi connectivity index (χ4v) is 2.80. The average Bonchev–Trinajstić information content (AvgIpc) is 2.55. The van der Waals surface area contributed by atoms with Crippen molar-refractivity contribution in [2.45, 2.75) is 26.2 Å². The van der Waals surface area contributed by atoms with Gasteiger partial charge in [0.1, 0.15) is 5.75 Å². The number of carbonyl (C=O) groups is 1. The van der Waals surface area contributed by atoms with Crippen LogP contribution in [0.1, 0.15) is 25.3 Å². The van der Waals surface area contributed by atoms with E-state index in [1.54, 1.807) is 12.1 Å². The Morgan fingerprint density at radius 3 is 2.74 bits per heavy atom. The molecule has 2 aromatic rings. The summed E-state index contributed by atoms with van der Waals surface area (Å²) in [4.78, 5) is 11.9. The number of hydrogen-bond donors (Lipinski definition) is 1. The molecular weight excluding hydrogens is 378 g/mol. The molecule has 0 fully saturated rings. The molecule has 5 heteroatoms. The second kappa shape index (κ2) is 8.94. The first-order chi connectivity index (χ1) is 11.1. The first-order valence-electron chi connectivity index (χ1n) is 7.55. The lowest BCUT2D eigenvalue weighted by Crippen LogP contribution is -2.13. The third-order valence-electron chi connectivity index (χ3n) is 3.36. The van der Waals surface area contributed by atoms with Gasteiger partial charge in [-0.2, -0.15) is 0 Å². The molecule has 0 aliphatic rings. The van der Waals surface area contributed by atoms with E-state index in [9.17, 15) is 4.79 Å². The fraction of sp³-hybridized carbons (Fsp3) is 0.278. The Labute approximate surface area is 150 Å². The van der Waals surface area contributed by atoms with E-state index >= 15 is 0 Å². The zero-order valence-corrected chi connectivity index (χ0v) is 15.3. The molecule has 23 heavy (non-hydrogen) atoms. The summed E-state index contributed by atoms with van der Waals surface area (Å²) in [6.07, 6.45) is 2.01. The highest BCUT2D eigenvalue weighted by molar-refractivity contribution is 9.10. The van der Waals surface area contributed by atoms with E-state index in [1.807, 2.05) is 24.3 Å². The van der Waals surface area contributed by atoms with Crippen LogP contribution in [0.4, 0.5) is 5.69 Å². The van der Waals surface area contributed by atoms with Crippen molar-refractivity contribution in [3.63, 3.8) is 0 Å². The summed E-state index contributed by atoms with van der Waals surface area (Å²) >= 11 is 9.51. The van der Waals surface area contributed by atoms with Crippen LogP contribution in [-0.4, -0.2) is 12.5 Å². The summed E-state index contributed by atoms with van der Waals surface area (Å²) in [7, 11) is 0. The molecule has 0 unspecified atom stereocenters. The van der Waals surface area contributed by atoms with E-state index in [-0.39, 0.29) is 5.91 Å². The van der Waals surface area contributed by atoms with Crippen LogP contribution >= 0.6 is 27.5 Å². The second-order valence-corrected chi connectivity index (χ2v) is 6.36. The number of carbonyl (C=O) groups excluding carboxylic acids is 1. The maximum Gasteiger partial charge on any atom is 0.224 e. The van der Waals surface area contributed by atoms with Gasteiger partial charge < -0.3 is 10.1 Å². The number of rotatable bonds is 7. The minimum atomic E-state index is -0.0675. The van der Waals surface area contributed by atoms with Crippen LogP contribution in [0.5, 0.6) is 5.75 Å². The van der Waals surface area contributed by atoms with Gasteiger partial charge in [0.05, 0.1) is 21.8 Å². The summed E-state index contributed by atoms with van der Waals surface area (Å²) in [6.45, 7) is 2.60. The van der Waals surface area contributed by atoms with Crippen LogP contribution in [0, 0.1) is 0 Å². The molecule has 0 spiro atoms. The first-order valence-corrected chi connectivity index (χ1v) is 8.73. The predicted molar refractivity (Wildman–Crippen MR) is 98.3 cm³/mol. The maximum atomic E-state index is 11.9. The van der Waals surface area contributed by atoms with E-state index in [1.165, 1.54) is 5.56 Å². The molecular formula is C18H19BrClNO2. The van der Waals surface area contributed by atoms with Crippen molar-refractivity contribution < 1.29 is 9.53 Å². The van der Waals surface area contributed by atoms with Crippen molar-refractivity contribution in [2.24, 2.45) is 0 Å². The highest BCUT2D eigenvalue weighted by atomic mass is 79.9. The van der Waals surface area contributed by atoms with Gasteiger partial charge in [0.2, 0.25) is 5.91 Å². The van der Waals surface area contributed by atoms with Crippen molar-refractivity contribution in [3.05, 3.63) is 57.5 Å². The molecule has 0 aromatic heterocycles. The van der Waals surface area contributed by atoms with Crippen molar-refractivity contribution in [2.75, 3.05) is 11.9 Å². The van der Waals surface area contributed by atoms with E-state index < -0.39 is 0 Å². The number of nitrogens with one attached hydrogen (secondary N) is 1. The Balaban J connectivity index is 1.75. The Morgan fingerprint density at radius 2 is 2.04 bits per heavy atom. The third-order valence-corrected chi connectivity index (χ3v) is 4.31. The van der Waals surface area contributed by atoms with Gasteiger partial charge in [-0.3, -0.25) is 4.79 Å². The number of aryl methyl sites for hydroxylation is 1. The number of halogens is 2. The zero-order chi connectivity index (χ0) is 16.7. The lowest BCUT2D eigenvalue weighted by Gasteiger charge is -2.10. The minimum absolute atomic E-state index is 0.0675. The maximum absolute atomic E-state index is 11.9. The van der Waals surface area contributed by atoms with Gasteiger partial charge in [-0.1, -0.05) is 36.7 Å². The van der Waals surface area contributed by atoms with Crippen molar-refractivity contribution >= 4 is 39.1 Å².